The Balaban J connectivity index is 2.30. The molecule has 86 valence electrons. The Morgan fingerprint density at radius 3 is 3.06 bits per heavy atom. The van der Waals surface area contributed by atoms with Gasteiger partial charge in [-0.2, -0.15) is 0 Å². The van der Waals surface area contributed by atoms with Crippen LogP contribution in [0.25, 0.3) is 0 Å². The minimum absolute atomic E-state index is 0.222. The Labute approximate surface area is 103 Å². The lowest BCUT2D eigenvalue weighted by atomic mass is 10.0. The third-order valence-electron chi connectivity index (χ3n) is 2.84. The zero-order chi connectivity index (χ0) is 11.5. The standard InChI is InChI=1S/C11H14BrN3O/c12-8-4-3-6-14-11(8)15-7-2-1-5-9(15)10(13)16/h3-4,6,9H,1-2,5,7H2,(H2,13,16). The summed E-state index contributed by atoms with van der Waals surface area (Å²) in [5, 5.41) is 0. The number of amides is 1. The maximum absolute atomic E-state index is 11.4. The summed E-state index contributed by atoms with van der Waals surface area (Å²) in [5.74, 6) is 0.545. The number of carbonyl (C=O) groups excluding carboxylic acids is 1. The molecule has 4 nitrogen and oxygen atoms in total. The van der Waals surface area contributed by atoms with E-state index in [1.165, 1.54) is 0 Å². The highest BCUT2D eigenvalue weighted by Crippen LogP contribution is 2.28. The molecule has 1 aromatic heterocycles. The van der Waals surface area contributed by atoms with Crippen molar-refractivity contribution in [3.8, 4) is 0 Å². The lowest BCUT2D eigenvalue weighted by Crippen LogP contribution is -2.48. The molecular formula is C11H14BrN3O. The van der Waals surface area contributed by atoms with Crippen LogP contribution in [0.2, 0.25) is 0 Å². The molecular weight excluding hydrogens is 270 g/mol. The zero-order valence-electron chi connectivity index (χ0n) is 8.90. The van der Waals surface area contributed by atoms with Crippen LogP contribution in [0, 0.1) is 0 Å². The number of rotatable bonds is 2. The molecule has 1 saturated heterocycles. The van der Waals surface area contributed by atoms with Gasteiger partial charge in [-0.25, -0.2) is 4.98 Å². The molecule has 0 spiro atoms. The van der Waals surface area contributed by atoms with Crippen molar-refractivity contribution in [3.05, 3.63) is 22.8 Å². The highest BCUT2D eigenvalue weighted by molar-refractivity contribution is 9.10. The van der Waals surface area contributed by atoms with Gasteiger partial charge < -0.3 is 10.6 Å². The molecule has 16 heavy (non-hydrogen) atoms. The second kappa shape index (κ2) is 4.82. The molecule has 0 radical (unpaired) electrons. The van der Waals surface area contributed by atoms with Crippen LogP contribution >= 0.6 is 15.9 Å². The van der Waals surface area contributed by atoms with E-state index >= 15 is 0 Å². The maximum Gasteiger partial charge on any atom is 0.240 e. The quantitative estimate of drug-likeness (QED) is 0.899. The lowest BCUT2D eigenvalue weighted by Gasteiger charge is -2.35. The van der Waals surface area contributed by atoms with Crippen LogP contribution in [0.15, 0.2) is 22.8 Å². The second-order valence-electron chi connectivity index (χ2n) is 3.92. The van der Waals surface area contributed by atoms with Gasteiger partial charge in [0.25, 0.3) is 0 Å². The van der Waals surface area contributed by atoms with Gasteiger partial charge in [0.1, 0.15) is 11.9 Å². The number of primary amides is 1. The normalized spacial score (nSPS) is 20.8. The average molecular weight is 284 g/mol. The van der Waals surface area contributed by atoms with Gasteiger partial charge in [-0.05, 0) is 47.3 Å². The van der Waals surface area contributed by atoms with Gasteiger partial charge in [0.05, 0.1) is 4.47 Å². The Morgan fingerprint density at radius 1 is 1.56 bits per heavy atom. The molecule has 2 rings (SSSR count). The van der Waals surface area contributed by atoms with Gasteiger partial charge in [0.2, 0.25) is 5.91 Å². The molecule has 2 heterocycles. The Kier molecular flexibility index (Phi) is 3.43. The Hall–Kier alpha value is -1.10. The van der Waals surface area contributed by atoms with E-state index in [0.717, 1.165) is 36.1 Å². The van der Waals surface area contributed by atoms with Gasteiger partial charge in [-0.1, -0.05) is 0 Å². The number of hydrogen-bond donors (Lipinski definition) is 1. The monoisotopic (exact) mass is 283 g/mol. The molecule has 5 heteroatoms. The van der Waals surface area contributed by atoms with E-state index in [9.17, 15) is 4.79 Å². The summed E-state index contributed by atoms with van der Waals surface area (Å²) in [7, 11) is 0. The summed E-state index contributed by atoms with van der Waals surface area (Å²) < 4.78 is 0.906. The summed E-state index contributed by atoms with van der Waals surface area (Å²) in [4.78, 5) is 17.7. The molecule has 0 bridgehead atoms. The summed E-state index contributed by atoms with van der Waals surface area (Å²) in [6.45, 7) is 0.837. The first-order valence-electron chi connectivity index (χ1n) is 5.36. The molecule has 1 aliphatic rings. The number of piperidine rings is 1. The summed E-state index contributed by atoms with van der Waals surface area (Å²) in [6, 6.07) is 3.56. The third kappa shape index (κ3) is 2.19. The number of anilines is 1. The van der Waals surface area contributed by atoms with Crippen molar-refractivity contribution >= 4 is 27.7 Å². The molecule has 1 aliphatic heterocycles. The SMILES string of the molecule is NC(=O)C1CCCCN1c1ncccc1Br. The van der Waals surface area contributed by atoms with Gasteiger partial charge in [-0.3, -0.25) is 4.79 Å². The fourth-order valence-corrected chi connectivity index (χ4v) is 2.55. The van der Waals surface area contributed by atoms with Crippen molar-refractivity contribution in [1.29, 1.82) is 0 Å². The summed E-state index contributed by atoms with van der Waals surface area (Å²) in [5.41, 5.74) is 5.42. The van der Waals surface area contributed by atoms with E-state index in [0.29, 0.717) is 0 Å². The van der Waals surface area contributed by atoms with Crippen molar-refractivity contribution in [2.45, 2.75) is 25.3 Å². The van der Waals surface area contributed by atoms with Crippen LogP contribution in [0.4, 0.5) is 5.82 Å². The number of halogens is 1. The van der Waals surface area contributed by atoms with Crippen LogP contribution in [-0.4, -0.2) is 23.5 Å². The van der Waals surface area contributed by atoms with E-state index in [2.05, 4.69) is 20.9 Å². The van der Waals surface area contributed by atoms with E-state index in [4.69, 9.17) is 5.73 Å². The molecule has 2 N–H and O–H groups in total. The van der Waals surface area contributed by atoms with Crippen LogP contribution in [0.1, 0.15) is 19.3 Å². The molecule has 1 amide bonds. The van der Waals surface area contributed by atoms with Crippen molar-refractivity contribution in [3.63, 3.8) is 0 Å². The third-order valence-corrected chi connectivity index (χ3v) is 3.46. The Bertz CT molecular complexity index is 397. The zero-order valence-corrected chi connectivity index (χ0v) is 10.5. The average Bonchev–Trinajstić information content (AvgIpc) is 2.29. The van der Waals surface area contributed by atoms with Gasteiger partial charge in [0.15, 0.2) is 0 Å². The number of pyridine rings is 1. The van der Waals surface area contributed by atoms with Crippen LogP contribution in [-0.2, 0) is 4.79 Å². The van der Waals surface area contributed by atoms with Crippen molar-refractivity contribution in [1.82, 2.24) is 4.98 Å². The second-order valence-corrected chi connectivity index (χ2v) is 4.77. The molecule has 0 aliphatic carbocycles. The minimum atomic E-state index is -0.266. The van der Waals surface area contributed by atoms with Crippen molar-refractivity contribution < 1.29 is 4.79 Å². The van der Waals surface area contributed by atoms with E-state index in [1.807, 2.05) is 17.0 Å². The first-order chi connectivity index (χ1) is 7.70. The van der Waals surface area contributed by atoms with E-state index in [-0.39, 0.29) is 11.9 Å². The molecule has 0 saturated carbocycles. The molecule has 1 atom stereocenters. The van der Waals surface area contributed by atoms with Gasteiger partial charge in [-0.15, -0.1) is 0 Å². The molecule has 1 aromatic rings. The van der Waals surface area contributed by atoms with E-state index < -0.39 is 0 Å². The number of aromatic nitrogens is 1. The Morgan fingerprint density at radius 2 is 2.38 bits per heavy atom. The van der Waals surface area contributed by atoms with Crippen molar-refractivity contribution in [2.75, 3.05) is 11.4 Å². The first-order valence-corrected chi connectivity index (χ1v) is 6.16. The predicted molar refractivity (Wildman–Crippen MR) is 66.1 cm³/mol. The summed E-state index contributed by atoms with van der Waals surface area (Å²) in [6.07, 6.45) is 4.67. The number of hydrogen-bond acceptors (Lipinski definition) is 3. The molecule has 0 aromatic carbocycles. The van der Waals surface area contributed by atoms with E-state index in [1.54, 1.807) is 6.20 Å². The minimum Gasteiger partial charge on any atom is -0.368 e. The van der Waals surface area contributed by atoms with Crippen LogP contribution < -0.4 is 10.6 Å². The lowest BCUT2D eigenvalue weighted by molar-refractivity contribution is -0.119. The highest BCUT2D eigenvalue weighted by atomic mass is 79.9. The number of nitrogens with two attached hydrogens (primary N) is 1. The largest absolute Gasteiger partial charge is 0.368 e. The van der Waals surface area contributed by atoms with Gasteiger partial charge >= 0.3 is 0 Å². The number of carbonyl (C=O) groups is 1. The molecule has 1 unspecified atom stereocenters. The first kappa shape index (κ1) is 11.4. The molecule has 1 fully saturated rings. The van der Waals surface area contributed by atoms with Gasteiger partial charge in [0, 0.05) is 12.7 Å². The van der Waals surface area contributed by atoms with Crippen LogP contribution in [0.3, 0.4) is 0 Å². The fourth-order valence-electron chi connectivity index (χ4n) is 2.07. The fraction of sp³-hybridized carbons (Fsp3) is 0.455. The highest BCUT2D eigenvalue weighted by Gasteiger charge is 2.28. The van der Waals surface area contributed by atoms with Crippen LogP contribution in [0.5, 0.6) is 0 Å². The smallest absolute Gasteiger partial charge is 0.240 e. The number of nitrogens with zero attached hydrogens (tertiary/aromatic N) is 2. The predicted octanol–water partition coefficient (Wildman–Crippen LogP) is 1.69. The topological polar surface area (TPSA) is 59.2 Å². The summed E-state index contributed by atoms with van der Waals surface area (Å²) >= 11 is 3.45. The maximum atomic E-state index is 11.4. The van der Waals surface area contributed by atoms with Crippen molar-refractivity contribution in [2.24, 2.45) is 5.73 Å².